The van der Waals surface area contributed by atoms with Crippen LogP contribution in [0.3, 0.4) is 0 Å². The Labute approximate surface area is 136 Å². The predicted octanol–water partition coefficient (Wildman–Crippen LogP) is 2.99. The minimum atomic E-state index is -0.437. The molecule has 23 heavy (non-hydrogen) atoms. The average Bonchev–Trinajstić information content (AvgIpc) is 2.99. The van der Waals surface area contributed by atoms with Gasteiger partial charge in [-0.2, -0.15) is 0 Å². The number of aliphatic hydroxyl groups is 1. The summed E-state index contributed by atoms with van der Waals surface area (Å²) < 4.78 is 0. The third kappa shape index (κ3) is 3.90. The summed E-state index contributed by atoms with van der Waals surface area (Å²) in [6.07, 6.45) is 2.10. The van der Waals surface area contributed by atoms with E-state index >= 15 is 0 Å². The van der Waals surface area contributed by atoms with Crippen LogP contribution >= 0.6 is 0 Å². The highest BCUT2D eigenvalue weighted by Gasteiger charge is 2.27. The number of hydrogen-bond acceptors (Lipinski definition) is 2. The molecule has 0 aliphatic heterocycles. The second kappa shape index (κ2) is 7.29. The van der Waals surface area contributed by atoms with E-state index in [0.717, 1.165) is 30.4 Å². The van der Waals surface area contributed by atoms with E-state index in [1.807, 2.05) is 60.7 Å². The SMILES string of the molecule is O=C(NC(c1ccccc1)c1ccccc1)NC1CCCC1O. The lowest BCUT2D eigenvalue weighted by Crippen LogP contribution is -2.46. The fourth-order valence-corrected chi connectivity index (χ4v) is 3.10. The molecule has 2 aromatic rings. The van der Waals surface area contributed by atoms with Crippen molar-refractivity contribution in [2.75, 3.05) is 0 Å². The van der Waals surface area contributed by atoms with Crippen molar-refractivity contribution in [2.45, 2.75) is 37.5 Å². The molecule has 0 saturated heterocycles. The fourth-order valence-electron chi connectivity index (χ4n) is 3.10. The van der Waals surface area contributed by atoms with Crippen LogP contribution in [0, 0.1) is 0 Å². The first-order valence-electron chi connectivity index (χ1n) is 8.09. The lowest BCUT2D eigenvalue weighted by molar-refractivity contribution is 0.149. The molecule has 4 nitrogen and oxygen atoms in total. The molecule has 0 radical (unpaired) electrons. The quantitative estimate of drug-likeness (QED) is 0.813. The Balaban J connectivity index is 1.75. The first kappa shape index (κ1) is 15.6. The highest BCUT2D eigenvalue weighted by atomic mass is 16.3. The van der Waals surface area contributed by atoms with Gasteiger partial charge in [-0.1, -0.05) is 60.7 Å². The second-order valence-corrected chi connectivity index (χ2v) is 5.98. The standard InChI is InChI=1S/C19H22N2O2/c22-17-13-7-12-16(17)20-19(23)21-18(14-8-3-1-4-9-14)15-10-5-2-6-11-15/h1-6,8-11,16-18,22H,7,12-13H2,(H2,20,21,23). The van der Waals surface area contributed by atoms with Gasteiger partial charge >= 0.3 is 6.03 Å². The summed E-state index contributed by atoms with van der Waals surface area (Å²) >= 11 is 0. The largest absolute Gasteiger partial charge is 0.391 e. The lowest BCUT2D eigenvalue weighted by atomic mass is 9.99. The second-order valence-electron chi connectivity index (χ2n) is 5.98. The summed E-state index contributed by atoms with van der Waals surface area (Å²) in [6.45, 7) is 0. The van der Waals surface area contributed by atoms with Crippen LogP contribution in [-0.2, 0) is 0 Å². The molecule has 0 bridgehead atoms. The lowest BCUT2D eigenvalue weighted by Gasteiger charge is -2.23. The monoisotopic (exact) mass is 310 g/mol. The highest BCUT2D eigenvalue weighted by molar-refractivity contribution is 5.75. The normalized spacial score (nSPS) is 20.4. The minimum absolute atomic E-state index is 0.151. The Morgan fingerprint density at radius 2 is 1.52 bits per heavy atom. The molecule has 1 fully saturated rings. The number of urea groups is 1. The first-order chi connectivity index (χ1) is 11.2. The Hall–Kier alpha value is -2.33. The number of hydrogen-bond donors (Lipinski definition) is 3. The molecular weight excluding hydrogens is 288 g/mol. The van der Waals surface area contributed by atoms with Crippen LogP contribution < -0.4 is 10.6 Å². The van der Waals surface area contributed by atoms with Crippen LogP contribution in [0.25, 0.3) is 0 Å². The molecule has 1 saturated carbocycles. The van der Waals surface area contributed by atoms with Crippen molar-refractivity contribution >= 4 is 6.03 Å². The number of rotatable bonds is 4. The van der Waals surface area contributed by atoms with E-state index in [1.165, 1.54) is 0 Å². The van der Waals surface area contributed by atoms with Gasteiger partial charge in [-0.3, -0.25) is 0 Å². The molecule has 120 valence electrons. The zero-order chi connectivity index (χ0) is 16.1. The maximum atomic E-state index is 12.4. The summed E-state index contributed by atoms with van der Waals surface area (Å²) in [5.74, 6) is 0. The van der Waals surface area contributed by atoms with Crippen LogP contribution in [-0.4, -0.2) is 23.3 Å². The molecule has 0 aromatic heterocycles. The summed E-state index contributed by atoms with van der Waals surface area (Å²) in [6, 6.07) is 19.2. The Bertz CT molecular complexity index is 591. The number of carbonyl (C=O) groups is 1. The van der Waals surface area contributed by atoms with E-state index < -0.39 is 6.10 Å². The maximum Gasteiger partial charge on any atom is 0.315 e. The highest BCUT2D eigenvalue weighted by Crippen LogP contribution is 2.22. The Morgan fingerprint density at radius 3 is 2.00 bits per heavy atom. The molecule has 0 heterocycles. The topological polar surface area (TPSA) is 61.4 Å². The number of carbonyl (C=O) groups excluding carboxylic acids is 1. The average molecular weight is 310 g/mol. The molecule has 2 aromatic carbocycles. The van der Waals surface area contributed by atoms with Gasteiger partial charge in [-0.05, 0) is 30.4 Å². The minimum Gasteiger partial charge on any atom is -0.391 e. The van der Waals surface area contributed by atoms with E-state index in [9.17, 15) is 9.90 Å². The van der Waals surface area contributed by atoms with Gasteiger partial charge in [0.15, 0.2) is 0 Å². The van der Waals surface area contributed by atoms with Crippen LogP contribution in [0.1, 0.15) is 36.4 Å². The number of benzene rings is 2. The van der Waals surface area contributed by atoms with Gasteiger partial charge in [0.25, 0.3) is 0 Å². The van der Waals surface area contributed by atoms with Crippen molar-refractivity contribution in [1.82, 2.24) is 10.6 Å². The summed E-state index contributed by atoms with van der Waals surface area (Å²) in [5.41, 5.74) is 2.06. The van der Waals surface area contributed by atoms with Gasteiger partial charge in [-0.15, -0.1) is 0 Å². The molecule has 3 rings (SSSR count). The van der Waals surface area contributed by atoms with Crippen LogP contribution in [0.15, 0.2) is 60.7 Å². The van der Waals surface area contributed by atoms with Gasteiger partial charge in [-0.25, -0.2) is 4.79 Å². The number of amides is 2. The van der Waals surface area contributed by atoms with Crippen molar-refractivity contribution in [3.8, 4) is 0 Å². The third-order valence-electron chi connectivity index (χ3n) is 4.34. The van der Waals surface area contributed by atoms with Crippen LogP contribution in [0.2, 0.25) is 0 Å². The third-order valence-corrected chi connectivity index (χ3v) is 4.34. The van der Waals surface area contributed by atoms with Crippen LogP contribution in [0.5, 0.6) is 0 Å². The molecule has 1 aliphatic carbocycles. The van der Waals surface area contributed by atoms with E-state index in [1.54, 1.807) is 0 Å². The van der Waals surface area contributed by atoms with E-state index in [-0.39, 0.29) is 18.1 Å². The van der Waals surface area contributed by atoms with Crippen molar-refractivity contribution in [3.63, 3.8) is 0 Å². The fraction of sp³-hybridized carbons (Fsp3) is 0.316. The van der Waals surface area contributed by atoms with Crippen molar-refractivity contribution in [2.24, 2.45) is 0 Å². The molecule has 1 aliphatic rings. The van der Waals surface area contributed by atoms with Gasteiger partial charge in [0.1, 0.15) is 0 Å². The number of aliphatic hydroxyl groups excluding tert-OH is 1. The van der Waals surface area contributed by atoms with Gasteiger partial charge < -0.3 is 15.7 Å². The van der Waals surface area contributed by atoms with Crippen molar-refractivity contribution in [3.05, 3.63) is 71.8 Å². The van der Waals surface area contributed by atoms with Crippen LogP contribution in [0.4, 0.5) is 4.79 Å². The van der Waals surface area contributed by atoms with E-state index in [2.05, 4.69) is 10.6 Å². The van der Waals surface area contributed by atoms with E-state index in [4.69, 9.17) is 0 Å². The number of nitrogens with one attached hydrogen (secondary N) is 2. The molecule has 4 heteroatoms. The van der Waals surface area contributed by atoms with Crippen molar-refractivity contribution in [1.29, 1.82) is 0 Å². The van der Waals surface area contributed by atoms with Gasteiger partial charge in [0.05, 0.1) is 18.2 Å². The zero-order valence-corrected chi connectivity index (χ0v) is 13.0. The molecule has 2 atom stereocenters. The summed E-state index contributed by atoms with van der Waals surface area (Å²) in [7, 11) is 0. The summed E-state index contributed by atoms with van der Waals surface area (Å²) in [4.78, 5) is 12.4. The molecule has 2 unspecified atom stereocenters. The molecule has 0 spiro atoms. The van der Waals surface area contributed by atoms with Gasteiger partial charge in [0, 0.05) is 0 Å². The molecule has 3 N–H and O–H groups in total. The zero-order valence-electron chi connectivity index (χ0n) is 13.0. The predicted molar refractivity (Wildman–Crippen MR) is 90.0 cm³/mol. The summed E-state index contributed by atoms with van der Waals surface area (Å²) in [5, 5.41) is 15.8. The van der Waals surface area contributed by atoms with Gasteiger partial charge in [0.2, 0.25) is 0 Å². The first-order valence-corrected chi connectivity index (χ1v) is 8.09. The smallest absolute Gasteiger partial charge is 0.315 e. The maximum absolute atomic E-state index is 12.4. The Morgan fingerprint density at radius 1 is 0.957 bits per heavy atom. The molecular formula is C19H22N2O2. The molecule has 2 amide bonds. The van der Waals surface area contributed by atoms with Crippen molar-refractivity contribution < 1.29 is 9.90 Å². The Kier molecular flexibility index (Phi) is 4.93. The van der Waals surface area contributed by atoms with E-state index in [0.29, 0.717) is 0 Å².